The van der Waals surface area contributed by atoms with E-state index in [1.165, 1.54) is 0 Å². The van der Waals surface area contributed by atoms with E-state index in [-0.39, 0.29) is 0 Å². The molecule has 0 aliphatic rings. The molecule has 0 aliphatic carbocycles. The summed E-state index contributed by atoms with van der Waals surface area (Å²) in [6.07, 6.45) is -6.90. The molecule has 0 heterocycles. The topological polar surface area (TPSA) is 0 Å². The van der Waals surface area contributed by atoms with Gasteiger partial charge < -0.3 is 0 Å². The Bertz CT molecular complexity index is 258. The average Bonchev–Trinajstić information content (AvgIpc) is 1.98. The lowest BCUT2D eigenvalue weighted by molar-refractivity contribution is -0.376. The van der Waals surface area contributed by atoms with Crippen molar-refractivity contribution in [2.24, 2.45) is 0 Å². The Morgan fingerprint density at radius 3 is 1.00 bits per heavy atom. The van der Waals surface area contributed by atoms with E-state index in [1.54, 1.807) is 0 Å². The van der Waals surface area contributed by atoms with Gasteiger partial charge in [0.2, 0.25) is 0 Å². The molecule has 12 heteroatoms. The van der Waals surface area contributed by atoms with Crippen molar-refractivity contribution in [1.82, 2.24) is 0 Å². The largest absolute Gasteiger partial charge is 0.460 e. The maximum atomic E-state index is 12.8. The van der Waals surface area contributed by atoms with Crippen LogP contribution in [0.1, 0.15) is 0 Å². The Hall–Kier alpha value is 0.260. The molecular weight excluding hydrogens is 410 g/mol. The number of alkyl halides is 12. The molecule has 104 valence electrons. The summed E-state index contributed by atoms with van der Waals surface area (Å²) in [6.45, 7) is 0. The van der Waals surface area contributed by atoms with E-state index in [4.69, 9.17) is 0 Å². The molecule has 0 aromatic heterocycles. The molecule has 1 atom stereocenters. The zero-order chi connectivity index (χ0) is 14.5. The van der Waals surface area contributed by atoms with Crippen molar-refractivity contribution in [1.29, 1.82) is 0 Å². The molecule has 0 aromatic rings. The van der Waals surface area contributed by atoms with Crippen molar-refractivity contribution < 1.29 is 43.9 Å². The normalized spacial score (nSPS) is 19.1. The zero-order valence-electron chi connectivity index (χ0n) is 7.04. The summed E-state index contributed by atoms with van der Waals surface area (Å²) in [5.74, 6) is -13.7. The Morgan fingerprint density at radius 2 is 0.824 bits per heavy atom. The first-order valence-electron chi connectivity index (χ1n) is 3.27. The van der Waals surface area contributed by atoms with Gasteiger partial charge in [0.15, 0.2) is 0 Å². The molecule has 0 rings (SSSR count). The highest BCUT2D eigenvalue weighted by Crippen LogP contribution is 2.60. The molecule has 0 spiro atoms. The molecule has 0 aromatic carbocycles. The first-order valence-corrected chi connectivity index (χ1v) is 4.85. The van der Waals surface area contributed by atoms with Gasteiger partial charge in [-0.05, 0) is 31.9 Å². The lowest BCUT2D eigenvalue weighted by atomic mass is 10.1. The third kappa shape index (κ3) is 2.51. The van der Waals surface area contributed by atoms with Crippen LogP contribution >= 0.6 is 31.9 Å². The zero-order valence-corrected chi connectivity index (χ0v) is 10.2. The van der Waals surface area contributed by atoms with E-state index in [9.17, 15) is 43.9 Å². The van der Waals surface area contributed by atoms with E-state index >= 15 is 0 Å². The van der Waals surface area contributed by atoms with Crippen LogP contribution in [0, 0.1) is 0 Å². The van der Waals surface area contributed by atoms with Crippen molar-refractivity contribution in [2.45, 2.75) is 27.4 Å². The van der Waals surface area contributed by atoms with Gasteiger partial charge in [-0.25, -0.2) is 4.39 Å². The summed E-state index contributed by atoms with van der Waals surface area (Å²) in [6, 6.07) is 0. The van der Waals surface area contributed by atoms with Gasteiger partial charge >= 0.3 is 27.4 Å². The highest BCUT2D eigenvalue weighted by molar-refractivity contribution is 9.12. The van der Waals surface area contributed by atoms with Crippen LogP contribution in [-0.4, -0.2) is 27.4 Å². The fourth-order valence-electron chi connectivity index (χ4n) is 0.553. The predicted octanol–water partition coefficient (Wildman–Crippen LogP) is 4.87. The molecule has 0 bridgehead atoms. The highest BCUT2D eigenvalue weighted by Gasteiger charge is 2.85. The van der Waals surface area contributed by atoms with Crippen molar-refractivity contribution in [3.8, 4) is 0 Å². The minimum Gasteiger partial charge on any atom is -0.216 e. The van der Waals surface area contributed by atoms with Gasteiger partial charge in [-0.15, -0.1) is 0 Å². The molecule has 17 heavy (non-hydrogen) atoms. The van der Waals surface area contributed by atoms with Gasteiger partial charge in [-0.3, -0.25) is 0 Å². The molecule has 0 aliphatic heterocycles. The maximum absolute atomic E-state index is 12.8. The molecule has 0 amide bonds. The third-order valence-electron chi connectivity index (χ3n) is 1.50. The smallest absolute Gasteiger partial charge is 0.216 e. The third-order valence-corrected chi connectivity index (χ3v) is 3.58. The van der Waals surface area contributed by atoms with Gasteiger partial charge in [0.05, 0.1) is 0 Å². The van der Waals surface area contributed by atoms with Crippen LogP contribution in [0.3, 0.4) is 0 Å². The number of rotatable bonds is 3. The van der Waals surface area contributed by atoms with Crippen LogP contribution in [0.5, 0.6) is 0 Å². The molecule has 0 fully saturated rings. The van der Waals surface area contributed by atoms with Gasteiger partial charge in [0, 0.05) is 0 Å². The molecule has 1 unspecified atom stereocenters. The minimum atomic E-state index is -6.99. The lowest BCUT2D eigenvalue weighted by Gasteiger charge is -2.36. The molecule has 0 nitrogen and oxygen atoms in total. The highest BCUT2D eigenvalue weighted by atomic mass is 79.9. The second kappa shape index (κ2) is 4.14. The summed E-state index contributed by atoms with van der Waals surface area (Å²) in [7, 11) is 0. The summed E-state index contributed by atoms with van der Waals surface area (Å²) >= 11 is 1.82. The molecule has 0 saturated carbocycles. The van der Waals surface area contributed by atoms with Crippen LogP contribution in [0.2, 0.25) is 0 Å². The Morgan fingerprint density at radius 1 is 0.529 bits per heavy atom. The summed E-state index contributed by atoms with van der Waals surface area (Å²) in [5.41, 5.74) is 0. The molecule has 0 radical (unpaired) electrons. The van der Waals surface area contributed by atoms with E-state index in [1.807, 2.05) is 0 Å². The monoisotopic (exact) mass is 408 g/mol. The van der Waals surface area contributed by atoms with Crippen molar-refractivity contribution in [2.75, 3.05) is 0 Å². The van der Waals surface area contributed by atoms with Gasteiger partial charge in [0.1, 0.15) is 0 Å². The van der Waals surface area contributed by atoms with E-state index in [2.05, 4.69) is 0 Å². The first kappa shape index (κ1) is 17.3. The van der Waals surface area contributed by atoms with E-state index in [0.29, 0.717) is 0 Å². The Balaban J connectivity index is 5.73. The van der Waals surface area contributed by atoms with Crippen molar-refractivity contribution in [3.63, 3.8) is 0 Å². The maximum Gasteiger partial charge on any atom is 0.460 e. The fourth-order valence-corrected chi connectivity index (χ4v) is 1.05. The van der Waals surface area contributed by atoms with Crippen LogP contribution in [0.15, 0.2) is 0 Å². The van der Waals surface area contributed by atoms with Crippen molar-refractivity contribution in [3.05, 3.63) is 0 Å². The second-order valence-corrected chi connectivity index (χ2v) is 4.81. The Labute approximate surface area is 104 Å². The summed E-state index contributed by atoms with van der Waals surface area (Å²) in [5, 5.41) is 0. The van der Waals surface area contributed by atoms with Gasteiger partial charge in [-0.1, -0.05) is 0 Å². The molecule has 0 N–H and O–H groups in total. The van der Waals surface area contributed by atoms with Crippen LogP contribution in [-0.2, 0) is 0 Å². The SMILES string of the molecule is FC(F)(F)C(F)(F)C(F)(F)C(F)(Br)C(F)(F)Br. The standard InChI is InChI=1S/C5Br2F10/c6-1(8,4(7,13)14)2(9,10)3(11,12)5(15,16)17. The second-order valence-electron chi connectivity index (χ2n) is 2.72. The van der Waals surface area contributed by atoms with Crippen molar-refractivity contribution >= 4 is 31.9 Å². The van der Waals surface area contributed by atoms with E-state index in [0.717, 1.165) is 31.9 Å². The Kier molecular flexibility index (Phi) is 4.20. The lowest BCUT2D eigenvalue weighted by Crippen LogP contribution is -2.64. The number of halogens is 12. The molecule has 0 saturated heterocycles. The minimum absolute atomic E-state index is 0.859. The summed E-state index contributed by atoms with van der Waals surface area (Å²) < 4.78 is 116. The fraction of sp³-hybridized carbons (Fsp3) is 1.00. The first-order chi connectivity index (χ1) is 7.00. The number of hydrogen-bond acceptors (Lipinski definition) is 0. The average molecular weight is 410 g/mol. The van der Waals surface area contributed by atoms with Gasteiger partial charge in [-0.2, -0.15) is 39.5 Å². The predicted molar refractivity (Wildman–Crippen MR) is 42.6 cm³/mol. The molecular formula is C5Br2F10. The van der Waals surface area contributed by atoms with Crippen LogP contribution < -0.4 is 0 Å². The van der Waals surface area contributed by atoms with Crippen LogP contribution in [0.4, 0.5) is 43.9 Å². The quantitative estimate of drug-likeness (QED) is 0.461. The summed E-state index contributed by atoms with van der Waals surface area (Å²) in [4.78, 5) is -5.36. The van der Waals surface area contributed by atoms with Crippen LogP contribution in [0.25, 0.3) is 0 Å². The van der Waals surface area contributed by atoms with E-state index < -0.39 is 27.4 Å². The number of hydrogen-bond donors (Lipinski definition) is 0. The van der Waals surface area contributed by atoms with Gasteiger partial charge in [0.25, 0.3) is 0 Å².